The van der Waals surface area contributed by atoms with Crippen molar-refractivity contribution in [2.75, 3.05) is 11.9 Å². The second-order valence-corrected chi connectivity index (χ2v) is 7.54. The third-order valence-electron chi connectivity index (χ3n) is 3.32. The predicted octanol–water partition coefficient (Wildman–Crippen LogP) is 1.35. The minimum Gasteiger partial charge on any atom is -0.329 e. The van der Waals surface area contributed by atoms with Crippen molar-refractivity contribution >= 4 is 37.5 Å². The summed E-state index contributed by atoms with van der Waals surface area (Å²) in [6, 6.07) is 2.85. The number of carbonyl (C=O) groups is 1. The van der Waals surface area contributed by atoms with Gasteiger partial charge in [0.1, 0.15) is 0 Å². The lowest BCUT2D eigenvalue weighted by Crippen LogP contribution is -2.40. The van der Waals surface area contributed by atoms with Gasteiger partial charge in [0, 0.05) is 22.7 Å². The molecule has 0 aliphatic carbocycles. The highest BCUT2D eigenvalue weighted by molar-refractivity contribution is 9.10. The molecule has 0 saturated heterocycles. The number of hydrogen-bond donors (Lipinski definition) is 3. The molecule has 1 aromatic rings. The summed E-state index contributed by atoms with van der Waals surface area (Å²) in [4.78, 5) is 11.5. The Labute approximate surface area is 132 Å². The maximum Gasteiger partial charge on any atom is 0.241 e. The molecule has 0 spiro atoms. The number of benzene rings is 1. The third-order valence-corrected chi connectivity index (χ3v) is 5.79. The zero-order valence-electron chi connectivity index (χ0n) is 11.6. The molecule has 1 aromatic carbocycles. The fourth-order valence-corrected chi connectivity index (χ4v) is 4.66. The zero-order valence-corrected chi connectivity index (χ0v) is 14.1. The SMILES string of the molecule is CCCC(CN)NS(=O)(=O)c1cc2c(cc1Br)NC(=O)C2. The van der Waals surface area contributed by atoms with Gasteiger partial charge in [0.15, 0.2) is 0 Å². The first-order valence-corrected chi connectivity index (χ1v) is 8.99. The largest absolute Gasteiger partial charge is 0.329 e. The zero-order chi connectivity index (χ0) is 15.6. The molecule has 6 nitrogen and oxygen atoms in total. The van der Waals surface area contributed by atoms with E-state index >= 15 is 0 Å². The lowest BCUT2D eigenvalue weighted by molar-refractivity contribution is -0.115. The van der Waals surface area contributed by atoms with Crippen molar-refractivity contribution in [1.29, 1.82) is 0 Å². The van der Waals surface area contributed by atoms with E-state index in [1.165, 1.54) is 6.07 Å². The molecule has 0 aromatic heterocycles. The summed E-state index contributed by atoms with van der Waals surface area (Å²) in [6.07, 6.45) is 1.72. The number of amides is 1. The van der Waals surface area contributed by atoms with Gasteiger partial charge >= 0.3 is 0 Å². The smallest absolute Gasteiger partial charge is 0.241 e. The first-order valence-electron chi connectivity index (χ1n) is 6.72. The van der Waals surface area contributed by atoms with E-state index in [9.17, 15) is 13.2 Å². The molecular formula is C13H18BrN3O3S. The molecule has 1 aliphatic heterocycles. The minimum atomic E-state index is -3.68. The maximum absolute atomic E-state index is 12.5. The Morgan fingerprint density at radius 2 is 2.19 bits per heavy atom. The van der Waals surface area contributed by atoms with Crippen LogP contribution in [0, 0.1) is 0 Å². The van der Waals surface area contributed by atoms with Crippen LogP contribution in [0.2, 0.25) is 0 Å². The van der Waals surface area contributed by atoms with Crippen molar-refractivity contribution in [2.24, 2.45) is 5.73 Å². The quantitative estimate of drug-likeness (QED) is 0.698. The molecule has 1 amide bonds. The Bertz CT molecular complexity index is 661. The van der Waals surface area contributed by atoms with Crippen molar-refractivity contribution in [3.63, 3.8) is 0 Å². The van der Waals surface area contributed by atoms with Gasteiger partial charge in [-0.05, 0) is 40.0 Å². The molecule has 0 saturated carbocycles. The second-order valence-electron chi connectivity index (χ2n) is 5.01. The summed E-state index contributed by atoms with van der Waals surface area (Å²) in [5.74, 6) is -0.134. The van der Waals surface area contributed by atoms with Crippen LogP contribution < -0.4 is 15.8 Å². The number of fused-ring (bicyclic) bond motifs is 1. The van der Waals surface area contributed by atoms with E-state index in [0.29, 0.717) is 22.1 Å². The number of nitrogens with two attached hydrogens (primary N) is 1. The van der Waals surface area contributed by atoms with E-state index in [2.05, 4.69) is 26.0 Å². The van der Waals surface area contributed by atoms with Crippen LogP contribution >= 0.6 is 15.9 Å². The molecule has 0 radical (unpaired) electrons. The van der Waals surface area contributed by atoms with Gasteiger partial charge in [-0.2, -0.15) is 0 Å². The summed E-state index contributed by atoms with van der Waals surface area (Å²) in [7, 11) is -3.68. The predicted molar refractivity (Wildman–Crippen MR) is 84.5 cm³/mol. The summed E-state index contributed by atoms with van der Waals surface area (Å²) in [6.45, 7) is 2.22. The van der Waals surface area contributed by atoms with Crippen molar-refractivity contribution in [1.82, 2.24) is 4.72 Å². The Morgan fingerprint density at radius 3 is 2.81 bits per heavy atom. The van der Waals surface area contributed by atoms with Crippen LogP contribution in [0.3, 0.4) is 0 Å². The molecule has 2 rings (SSSR count). The summed E-state index contributed by atoms with van der Waals surface area (Å²) in [5, 5.41) is 2.68. The van der Waals surface area contributed by atoms with Gasteiger partial charge in [0.2, 0.25) is 15.9 Å². The van der Waals surface area contributed by atoms with Crippen molar-refractivity contribution < 1.29 is 13.2 Å². The summed E-state index contributed by atoms with van der Waals surface area (Å²) < 4.78 is 28.0. The van der Waals surface area contributed by atoms with E-state index in [1.54, 1.807) is 6.07 Å². The Kier molecular flexibility index (Phi) is 5.03. The highest BCUT2D eigenvalue weighted by atomic mass is 79.9. The Morgan fingerprint density at radius 1 is 1.48 bits per heavy atom. The topological polar surface area (TPSA) is 101 Å². The fraction of sp³-hybridized carbons (Fsp3) is 0.462. The number of rotatable bonds is 6. The van der Waals surface area contributed by atoms with Crippen LogP contribution in [-0.2, 0) is 21.2 Å². The van der Waals surface area contributed by atoms with Crippen LogP contribution in [0.25, 0.3) is 0 Å². The Balaban J connectivity index is 2.33. The first kappa shape index (κ1) is 16.4. The van der Waals surface area contributed by atoms with Crippen LogP contribution in [0.4, 0.5) is 5.69 Å². The number of carbonyl (C=O) groups excluding carboxylic acids is 1. The molecule has 21 heavy (non-hydrogen) atoms. The van der Waals surface area contributed by atoms with Crippen molar-refractivity contribution in [3.8, 4) is 0 Å². The molecule has 116 valence electrons. The first-order chi connectivity index (χ1) is 9.87. The fourth-order valence-electron chi connectivity index (χ4n) is 2.29. The average molecular weight is 376 g/mol. The van der Waals surface area contributed by atoms with Gasteiger partial charge in [-0.3, -0.25) is 4.79 Å². The van der Waals surface area contributed by atoms with Gasteiger partial charge in [-0.25, -0.2) is 13.1 Å². The molecule has 0 fully saturated rings. The van der Waals surface area contributed by atoms with E-state index in [0.717, 1.165) is 6.42 Å². The standard InChI is InChI=1S/C13H18BrN3O3S/c1-2-3-9(7-15)17-21(19,20)12-4-8-5-13(18)16-11(8)6-10(12)14/h4,6,9,17H,2-3,5,7,15H2,1H3,(H,16,18). The molecule has 0 bridgehead atoms. The molecule has 4 N–H and O–H groups in total. The van der Waals surface area contributed by atoms with Crippen molar-refractivity contribution in [2.45, 2.75) is 37.1 Å². The molecule has 8 heteroatoms. The Hall–Kier alpha value is -0.960. The van der Waals surface area contributed by atoms with Gasteiger partial charge < -0.3 is 11.1 Å². The van der Waals surface area contributed by atoms with Crippen LogP contribution in [0.5, 0.6) is 0 Å². The highest BCUT2D eigenvalue weighted by Crippen LogP contribution is 2.32. The summed E-state index contributed by atoms with van der Waals surface area (Å²) in [5.41, 5.74) is 6.93. The van der Waals surface area contributed by atoms with E-state index in [4.69, 9.17) is 5.73 Å². The highest BCUT2D eigenvalue weighted by Gasteiger charge is 2.26. The van der Waals surface area contributed by atoms with E-state index in [-0.39, 0.29) is 29.8 Å². The summed E-state index contributed by atoms with van der Waals surface area (Å²) >= 11 is 3.25. The number of sulfonamides is 1. The van der Waals surface area contributed by atoms with Crippen LogP contribution in [-0.4, -0.2) is 26.9 Å². The number of halogens is 1. The maximum atomic E-state index is 12.5. The van der Waals surface area contributed by atoms with Gasteiger partial charge in [-0.15, -0.1) is 0 Å². The van der Waals surface area contributed by atoms with E-state index in [1.807, 2.05) is 6.92 Å². The normalized spacial score (nSPS) is 15.7. The monoisotopic (exact) mass is 375 g/mol. The number of anilines is 1. The molecule has 1 unspecified atom stereocenters. The minimum absolute atomic E-state index is 0.132. The number of hydrogen-bond acceptors (Lipinski definition) is 4. The number of nitrogens with one attached hydrogen (secondary N) is 2. The van der Waals surface area contributed by atoms with Gasteiger partial charge in [0.05, 0.1) is 11.3 Å². The second kappa shape index (κ2) is 6.43. The van der Waals surface area contributed by atoms with Gasteiger partial charge in [0.25, 0.3) is 0 Å². The lowest BCUT2D eigenvalue weighted by Gasteiger charge is -2.17. The lowest BCUT2D eigenvalue weighted by atomic mass is 10.2. The van der Waals surface area contributed by atoms with Crippen LogP contribution in [0.1, 0.15) is 25.3 Å². The average Bonchev–Trinajstić information content (AvgIpc) is 2.76. The van der Waals surface area contributed by atoms with Crippen molar-refractivity contribution in [3.05, 3.63) is 22.2 Å². The van der Waals surface area contributed by atoms with Crippen LogP contribution in [0.15, 0.2) is 21.5 Å². The molecule has 1 atom stereocenters. The molecule has 1 aliphatic rings. The molecular weight excluding hydrogens is 358 g/mol. The molecule has 1 heterocycles. The third kappa shape index (κ3) is 3.63. The van der Waals surface area contributed by atoms with E-state index < -0.39 is 10.0 Å². The van der Waals surface area contributed by atoms with Gasteiger partial charge in [-0.1, -0.05) is 13.3 Å².